The Morgan fingerprint density at radius 2 is 1.83 bits per heavy atom. The molecular formula is C8H9ClF3N3O2S. The molecule has 5 nitrogen and oxygen atoms in total. The predicted molar refractivity (Wildman–Crippen MR) is 57.5 cm³/mol. The van der Waals surface area contributed by atoms with Crippen LogP contribution in [0.1, 0.15) is 6.92 Å². The molecule has 0 aliphatic rings. The van der Waals surface area contributed by atoms with Crippen LogP contribution in [0.3, 0.4) is 0 Å². The summed E-state index contributed by atoms with van der Waals surface area (Å²) in [5, 5.41) is -0.187. The quantitative estimate of drug-likeness (QED) is 0.794. The molecule has 0 amide bonds. The lowest BCUT2D eigenvalue weighted by Gasteiger charge is -2.21. The van der Waals surface area contributed by atoms with Crippen molar-refractivity contribution in [1.29, 1.82) is 0 Å². The molecule has 10 heteroatoms. The fourth-order valence-electron chi connectivity index (χ4n) is 1.15. The van der Waals surface area contributed by atoms with Crippen LogP contribution in [0.25, 0.3) is 0 Å². The van der Waals surface area contributed by atoms with E-state index in [0.29, 0.717) is 4.31 Å². The molecule has 0 N–H and O–H groups in total. The molecule has 0 saturated carbocycles. The third kappa shape index (κ3) is 3.79. The number of sulfonamides is 1. The van der Waals surface area contributed by atoms with Crippen molar-refractivity contribution in [3.8, 4) is 0 Å². The van der Waals surface area contributed by atoms with Gasteiger partial charge in [-0.25, -0.2) is 18.4 Å². The van der Waals surface area contributed by atoms with E-state index in [4.69, 9.17) is 11.6 Å². The first-order valence-corrected chi connectivity index (χ1v) is 6.53. The Kier molecular flexibility index (Phi) is 4.51. The summed E-state index contributed by atoms with van der Waals surface area (Å²) in [6.07, 6.45) is -2.89. The molecule has 0 bridgehead atoms. The van der Waals surface area contributed by atoms with Crippen molar-refractivity contribution in [1.82, 2.24) is 14.3 Å². The molecule has 1 heterocycles. The lowest BCUT2D eigenvalue weighted by Crippen LogP contribution is -2.38. The number of alkyl halides is 3. The van der Waals surface area contributed by atoms with Crippen molar-refractivity contribution >= 4 is 21.6 Å². The Bertz CT molecular complexity index is 503. The van der Waals surface area contributed by atoms with Gasteiger partial charge in [-0.15, -0.1) is 0 Å². The average Bonchev–Trinajstić information content (AvgIpc) is 2.25. The second kappa shape index (κ2) is 5.37. The molecule has 1 aromatic rings. The molecular weight excluding hydrogens is 295 g/mol. The van der Waals surface area contributed by atoms with Gasteiger partial charge in [-0.1, -0.05) is 6.92 Å². The van der Waals surface area contributed by atoms with E-state index < -0.39 is 27.6 Å². The monoisotopic (exact) mass is 303 g/mol. The average molecular weight is 304 g/mol. The lowest BCUT2D eigenvalue weighted by molar-refractivity contribution is -0.135. The van der Waals surface area contributed by atoms with Crippen LogP contribution in [0.5, 0.6) is 0 Å². The number of rotatable bonds is 4. The van der Waals surface area contributed by atoms with Crippen LogP contribution in [-0.2, 0) is 10.0 Å². The summed E-state index contributed by atoms with van der Waals surface area (Å²) < 4.78 is 60.7. The Hall–Kier alpha value is -0.930. The summed E-state index contributed by atoms with van der Waals surface area (Å²) in [4.78, 5) is 6.42. The first-order valence-electron chi connectivity index (χ1n) is 4.71. The normalized spacial score (nSPS) is 13.0. The van der Waals surface area contributed by atoms with Gasteiger partial charge in [0.05, 0.1) is 12.4 Å². The Balaban J connectivity index is 3.07. The van der Waals surface area contributed by atoms with Gasteiger partial charge < -0.3 is 0 Å². The van der Waals surface area contributed by atoms with Crippen LogP contribution in [-0.4, -0.2) is 42.0 Å². The van der Waals surface area contributed by atoms with Crippen LogP contribution >= 0.6 is 11.6 Å². The van der Waals surface area contributed by atoms with Crippen molar-refractivity contribution < 1.29 is 21.6 Å². The van der Waals surface area contributed by atoms with E-state index in [0.717, 1.165) is 12.4 Å². The molecule has 102 valence electrons. The molecule has 0 aliphatic heterocycles. The topological polar surface area (TPSA) is 63.2 Å². The van der Waals surface area contributed by atoms with Crippen LogP contribution in [0.2, 0.25) is 5.28 Å². The number of halogens is 4. The molecule has 0 saturated heterocycles. The smallest absolute Gasteiger partial charge is 0.225 e. The van der Waals surface area contributed by atoms with Gasteiger partial charge in [0.15, 0.2) is 0 Å². The molecule has 18 heavy (non-hydrogen) atoms. The van der Waals surface area contributed by atoms with E-state index in [9.17, 15) is 21.6 Å². The zero-order valence-electron chi connectivity index (χ0n) is 9.15. The van der Waals surface area contributed by atoms with Gasteiger partial charge in [-0.3, -0.25) is 0 Å². The second-order valence-electron chi connectivity index (χ2n) is 3.23. The molecule has 1 aromatic heterocycles. The highest BCUT2D eigenvalue weighted by Gasteiger charge is 2.36. The van der Waals surface area contributed by atoms with Crippen LogP contribution < -0.4 is 0 Å². The summed E-state index contributed by atoms with van der Waals surface area (Å²) in [5.74, 6) is 0. The van der Waals surface area contributed by atoms with Crippen molar-refractivity contribution in [2.24, 2.45) is 0 Å². The zero-order valence-corrected chi connectivity index (χ0v) is 10.7. The molecule has 0 fully saturated rings. The molecule has 1 rings (SSSR count). The van der Waals surface area contributed by atoms with Gasteiger partial charge >= 0.3 is 6.18 Å². The van der Waals surface area contributed by atoms with Gasteiger partial charge in [0.25, 0.3) is 0 Å². The maximum atomic E-state index is 12.2. The molecule has 0 atom stereocenters. The summed E-state index contributed by atoms with van der Waals surface area (Å²) in [5.41, 5.74) is 0. The molecule has 0 aliphatic carbocycles. The van der Waals surface area contributed by atoms with Crippen molar-refractivity contribution in [3.05, 3.63) is 17.7 Å². The standard InChI is InChI=1S/C8H9ClF3N3O2S/c1-2-15(5-8(10,11)12)18(16,17)6-3-13-7(9)14-4-6/h3-4H,2,5H2,1H3. The van der Waals surface area contributed by atoms with E-state index in [2.05, 4.69) is 9.97 Å². The SMILES string of the molecule is CCN(CC(F)(F)F)S(=O)(=O)c1cnc(Cl)nc1. The van der Waals surface area contributed by atoms with Gasteiger partial charge in [0.1, 0.15) is 11.4 Å². The highest BCUT2D eigenvalue weighted by molar-refractivity contribution is 7.89. The number of nitrogens with zero attached hydrogens (tertiary/aromatic N) is 3. The molecule has 0 spiro atoms. The van der Waals surface area contributed by atoms with Crippen LogP contribution in [0.15, 0.2) is 17.3 Å². The van der Waals surface area contributed by atoms with E-state index in [-0.39, 0.29) is 11.8 Å². The number of aromatic nitrogens is 2. The Labute approximate surface area is 107 Å². The Morgan fingerprint density at radius 3 is 2.22 bits per heavy atom. The minimum absolute atomic E-state index is 0.187. The summed E-state index contributed by atoms with van der Waals surface area (Å²) >= 11 is 5.37. The van der Waals surface area contributed by atoms with Crippen molar-refractivity contribution in [2.45, 2.75) is 18.0 Å². The van der Waals surface area contributed by atoms with Gasteiger partial charge in [0.2, 0.25) is 15.3 Å². The minimum atomic E-state index is -4.61. The highest BCUT2D eigenvalue weighted by Crippen LogP contribution is 2.21. The van der Waals surface area contributed by atoms with Gasteiger partial charge in [0, 0.05) is 6.54 Å². The Morgan fingerprint density at radius 1 is 1.33 bits per heavy atom. The van der Waals surface area contributed by atoms with E-state index in [1.54, 1.807) is 0 Å². The van der Waals surface area contributed by atoms with Crippen LogP contribution in [0, 0.1) is 0 Å². The van der Waals surface area contributed by atoms with Crippen LogP contribution in [0.4, 0.5) is 13.2 Å². The molecule has 0 aromatic carbocycles. The summed E-state index contributed by atoms with van der Waals surface area (Å²) in [6, 6.07) is 0. The van der Waals surface area contributed by atoms with Crippen molar-refractivity contribution in [3.63, 3.8) is 0 Å². The van der Waals surface area contributed by atoms with Crippen molar-refractivity contribution in [2.75, 3.05) is 13.1 Å². The van der Waals surface area contributed by atoms with Gasteiger partial charge in [-0.2, -0.15) is 17.5 Å². The third-order valence-corrected chi connectivity index (χ3v) is 4.01. The maximum Gasteiger partial charge on any atom is 0.402 e. The minimum Gasteiger partial charge on any atom is -0.225 e. The predicted octanol–water partition coefficient (Wildman–Crippen LogP) is 1.70. The van der Waals surface area contributed by atoms with E-state index in [1.165, 1.54) is 6.92 Å². The summed E-state index contributed by atoms with van der Waals surface area (Å²) in [6.45, 7) is -0.570. The largest absolute Gasteiger partial charge is 0.402 e. The summed E-state index contributed by atoms with van der Waals surface area (Å²) in [7, 11) is -4.27. The van der Waals surface area contributed by atoms with Gasteiger partial charge in [-0.05, 0) is 11.6 Å². The first kappa shape index (κ1) is 15.1. The molecule has 0 radical (unpaired) electrons. The third-order valence-electron chi connectivity index (χ3n) is 1.94. The second-order valence-corrected chi connectivity index (χ2v) is 5.51. The van der Waals surface area contributed by atoms with E-state index >= 15 is 0 Å². The zero-order chi connectivity index (χ0) is 14.0. The number of hydrogen-bond donors (Lipinski definition) is 0. The fraction of sp³-hybridized carbons (Fsp3) is 0.500. The van der Waals surface area contributed by atoms with E-state index in [1.807, 2.05) is 0 Å². The fourth-order valence-corrected chi connectivity index (χ4v) is 2.57. The lowest BCUT2D eigenvalue weighted by atomic mass is 10.6. The highest BCUT2D eigenvalue weighted by atomic mass is 35.5. The molecule has 0 unspecified atom stereocenters. The number of hydrogen-bond acceptors (Lipinski definition) is 4. The maximum absolute atomic E-state index is 12.2. The first-order chi connectivity index (χ1) is 8.16.